The van der Waals surface area contributed by atoms with Gasteiger partial charge in [-0.3, -0.25) is 0 Å². The van der Waals surface area contributed by atoms with Crippen molar-refractivity contribution >= 4 is 0 Å². The molecule has 0 saturated carbocycles. The van der Waals surface area contributed by atoms with E-state index in [0.717, 1.165) is 38.0 Å². The predicted octanol–water partition coefficient (Wildman–Crippen LogP) is 2.49. The Morgan fingerprint density at radius 3 is 2.58 bits per heavy atom. The standard InChI is InChI=1S/C24H38N2O5/c1-24(2)30-22-21(28-16-8-7-11-26-14-12-25(3)13-15-26)20(29-23(22)31-24)18-27-17-19-9-5-4-6-10-19/h4-6,9-10,20-23H,7-8,11-18H2,1-3H3/t20-,21+,22-,23-/m1/s1. The highest BCUT2D eigenvalue weighted by atomic mass is 16.8. The zero-order valence-electron chi connectivity index (χ0n) is 19.2. The summed E-state index contributed by atoms with van der Waals surface area (Å²) in [5.74, 6) is -0.645. The molecule has 31 heavy (non-hydrogen) atoms. The lowest BCUT2D eigenvalue weighted by Gasteiger charge is -2.32. The number of nitrogens with zero attached hydrogens (tertiary/aromatic N) is 2. The van der Waals surface area contributed by atoms with E-state index >= 15 is 0 Å². The third kappa shape index (κ3) is 6.48. The molecule has 1 aromatic carbocycles. The number of ether oxygens (including phenoxy) is 5. The number of likely N-dealkylation sites (N-methyl/N-ethyl adjacent to an activating group) is 1. The molecule has 0 aromatic heterocycles. The quantitative estimate of drug-likeness (QED) is 0.525. The van der Waals surface area contributed by atoms with Crippen molar-refractivity contribution in [2.24, 2.45) is 0 Å². The topological polar surface area (TPSA) is 52.6 Å². The maximum Gasteiger partial charge on any atom is 0.190 e. The molecule has 3 aliphatic heterocycles. The molecule has 0 bridgehead atoms. The Kier molecular flexibility index (Phi) is 7.98. The first-order valence-electron chi connectivity index (χ1n) is 11.7. The number of unbranched alkanes of at least 4 members (excludes halogenated alkanes) is 1. The first-order chi connectivity index (χ1) is 15.0. The van der Waals surface area contributed by atoms with Crippen LogP contribution in [0.1, 0.15) is 32.3 Å². The molecule has 174 valence electrons. The van der Waals surface area contributed by atoms with Gasteiger partial charge < -0.3 is 33.5 Å². The number of benzene rings is 1. The summed E-state index contributed by atoms with van der Waals surface area (Å²) < 4.78 is 30.4. The minimum atomic E-state index is -0.645. The Balaban J connectivity index is 1.22. The second-order valence-corrected chi connectivity index (χ2v) is 9.33. The van der Waals surface area contributed by atoms with Gasteiger partial charge in [0.25, 0.3) is 0 Å². The van der Waals surface area contributed by atoms with Crippen LogP contribution < -0.4 is 0 Å². The van der Waals surface area contributed by atoms with Crippen molar-refractivity contribution in [1.29, 1.82) is 0 Å². The van der Waals surface area contributed by atoms with Gasteiger partial charge in [0.05, 0.1) is 13.2 Å². The molecule has 4 atom stereocenters. The van der Waals surface area contributed by atoms with Crippen LogP contribution in [0.25, 0.3) is 0 Å². The molecule has 0 N–H and O–H groups in total. The van der Waals surface area contributed by atoms with Crippen LogP contribution in [0, 0.1) is 0 Å². The van der Waals surface area contributed by atoms with Crippen LogP contribution in [0.3, 0.4) is 0 Å². The molecule has 3 aliphatic rings. The Hall–Kier alpha value is -1.06. The number of fused-ring (bicyclic) bond motifs is 1. The number of hydrogen-bond donors (Lipinski definition) is 0. The summed E-state index contributed by atoms with van der Waals surface area (Å²) in [5.41, 5.74) is 1.15. The van der Waals surface area contributed by atoms with E-state index in [9.17, 15) is 0 Å². The van der Waals surface area contributed by atoms with Crippen molar-refractivity contribution in [3.05, 3.63) is 35.9 Å². The summed E-state index contributed by atoms with van der Waals surface area (Å²) in [4.78, 5) is 4.94. The lowest BCUT2D eigenvalue weighted by molar-refractivity contribution is -0.224. The van der Waals surface area contributed by atoms with Crippen molar-refractivity contribution in [2.45, 2.75) is 63.7 Å². The predicted molar refractivity (Wildman–Crippen MR) is 118 cm³/mol. The third-order valence-corrected chi connectivity index (χ3v) is 6.26. The van der Waals surface area contributed by atoms with Crippen molar-refractivity contribution in [3.63, 3.8) is 0 Å². The molecular weight excluding hydrogens is 396 g/mol. The highest BCUT2D eigenvalue weighted by Crippen LogP contribution is 2.39. The normalized spacial score (nSPS) is 31.2. The fourth-order valence-electron chi connectivity index (χ4n) is 4.48. The molecule has 4 rings (SSSR count). The summed E-state index contributed by atoms with van der Waals surface area (Å²) >= 11 is 0. The molecule has 3 fully saturated rings. The van der Waals surface area contributed by atoms with Crippen LogP contribution in [0.15, 0.2) is 30.3 Å². The second-order valence-electron chi connectivity index (χ2n) is 9.33. The highest BCUT2D eigenvalue weighted by molar-refractivity contribution is 5.13. The first kappa shape index (κ1) is 23.1. The maximum absolute atomic E-state index is 6.30. The van der Waals surface area contributed by atoms with E-state index in [-0.39, 0.29) is 18.3 Å². The van der Waals surface area contributed by atoms with E-state index in [1.807, 2.05) is 32.0 Å². The van der Waals surface area contributed by atoms with Gasteiger partial charge in [0, 0.05) is 32.8 Å². The molecule has 0 amide bonds. The first-order valence-corrected chi connectivity index (χ1v) is 11.7. The van der Waals surface area contributed by atoms with E-state index < -0.39 is 12.1 Å². The summed E-state index contributed by atoms with van der Waals surface area (Å²) in [6.45, 7) is 11.4. The zero-order chi connectivity index (χ0) is 21.7. The third-order valence-electron chi connectivity index (χ3n) is 6.26. The number of hydrogen-bond acceptors (Lipinski definition) is 7. The zero-order valence-corrected chi connectivity index (χ0v) is 19.2. The van der Waals surface area contributed by atoms with Crippen LogP contribution in [0.2, 0.25) is 0 Å². The van der Waals surface area contributed by atoms with Crippen molar-refractivity contribution in [2.75, 3.05) is 53.0 Å². The molecule has 1 aromatic rings. The number of piperazine rings is 1. The molecule has 0 aliphatic carbocycles. The van der Waals surface area contributed by atoms with E-state index in [0.29, 0.717) is 19.8 Å². The lowest BCUT2D eigenvalue weighted by Crippen LogP contribution is -2.44. The Morgan fingerprint density at radius 2 is 1.81 bits per heavy atom. The van der Waals surface area contributed by atoms with Crippen LogP contribution in [-0.2, 0) is 30.3 Å². The van der Waals surface area contributed by atoms with Gasteiger partial charge in [0.1, 0.15) is 18.3 Å². The van der Waals surface area contributed by atoms with Gasteiger partial charge in [-0.15, -0.1) is 0 Å². The molecular formula is C24H38N2O5. The minimum absolute atomic E-state index is 0.175. The van der Waals surface area contributed by atoms with E-state index in [2.05, 4.69) is 29.0 Å². The Bertz CT molecular complexity index is 665. The fraction of sp³-hybridized carbons (Fsp3) is 0.750. The van der Waals surface area contributed by atoms with Crippen LogP contribution in [-0.4, -0.2) is 93.2 Å². The minimum Gasteiger partial charge on any atom is -0.374 e. The van der Waals surface area contributed by atoms with Gasteiger partial charge in [-0.25, -0.2) is 0 Å². The summed E-state index contributed by atoms with van der Waals surface area (Å²) in [5, 5.41) is 0. The van der Waals surface area contributed by atoms with E-state index in [1.165, 1.54) is 13.1 Å². The van der Waals surface area contributed by atoms with E-state index in [4.69, 9.17) is 23.7 Å². The smallest absolute Gasteiger partial charge is 0.190 e. The van der Waals surface area contributed by atoms with E-state index in [1.54, 1.807) is 0 Å². The van der Waals surface area contributed by atoms with Gasteiger partial charge in [0.2, 0.25) is 0 Å². The monoisotopic (exact) mass is 434 g/mol. The lowest BCUT2D eigenvalue weighted by atomic mass is 10.1. The van der Waals surface area contributed by atoms with Crippen LogP contribution in [0.4, 0.5) is 0 Å². The van der Waals surface area contributed by atoms with Gasteiger partial charge in [-0.2, -0.15) is 0 Å². The SMILES string of the molecule is CN1CCN(CCCCO[C@@H]2[C@H]3OC(C)(C)O[C@H]3O[C@@H]2COCc2ccccc2)CC1. The van der Waals surface area contributed by atoms with Crippen LogP contribution >= 0.6 is 0 Å². The molecule has 3 saturated heterocycles. The average molecular weight is 435 g/mol. The largest absolute Gasteiger partial charge is 0.374 e. The molecule has 0 radical (unpaired) electrons. The van der Waals surface area contributed by atoms with Crippen molar-refractivity contribution in [1.82, 2.24) is 9.80 Å². The highest BCUT2D eigenvalue weighted by Gasteiger charge is 2.55. The van der Waals surface area contributed by atoms with Crippen molar-refractivity contribution in [3.8, 4) is 0 Å². The molecule has 7 nitrogen and oxygen atoms in total. The average Bonchev–Trinajstić information content (AvgIpc) is 3.21. The molecule has 0 unspecified atom stereocenters. The molecule has 7 heteroatoms. The summed E-state index contributed by atoms with van der Waals surface area (Å²) in [6.07, 6.45) is 1.21. The van der Waals surface area contributed by atoms with Crippen LogP contribution in [0.5, 0.6) is 0 Å². The maximum atomic E-state index is 6.30. The number of rotatable bonds is 10. The van der Waals surface area contributed by atoms with Gasteiger partial charge in [-0.1, -0.05) is 30.3 Å². The van der Waals surface area contributed by atoms with Gasteiger partial charge >= 0.3 is 0 Å². The van der Waals surface area contributed by atoms with Gasteiger partial charge in [0.15, 0.2) is 12.1 Å². The Morgan fingerprint density at radius 1 is 1.03 bits per heavy atom. The fourth-order valence-corrected chi connectivity index (χ4v) is 4.48. The Labute approximate surface area is 186 Å². The van der Waals surface area contributed by atoms with Gasteiger partial charge in [-0.05, 0) is 45.8 Å². The molecule has 3 heterocycles. The summed E-state index contributed by atoms with van der Waals surface area (Å²) in [6, 6.07) is 10.2. The molecule has 0 spiro atoms. The summed E-state index contributed by atoms with van der Waals surface area (Å²) in [7, 11) is 2.19. The second kappa shape index (κ2) is 10.7. The van der Waals surface area contributed by atoms with Crippen molar-refractivity contribution < 1.29 is 23.7 Å².